The fourth-order valence-corrected chi connectivity index (χ4v) is 5.34. The monoisotopic (exact) mass is 484 g/mol. The van der Waals surface area contributed by atoms with E-state index in [0.29, 0.717) is 23.6 Å². The number of hydrazine groups is 1. The van der Waals surface area contributed by atoms with Crippen LogP contribution in [0.4, 0.5) is 0 Å². The van der Waals surface area contributed by atoms with Gasteiger partial charge in [0.1, 0.15) is 4.90 Å². The van der Waals surface area contributed by atoms with Gasteiger partial charge < -0.3 is 0 Å². The summed E-state index contributed by atoms with van der Waals surface area (Å²) in [5.41, 5.74) is 4.50. The van der Waals surface area contributed by atoms with Crippen LogP contribution in [-0.4, -0.2) is 52.4 Å². The standard InChI is InChI=1S/C22H24N6O5S/c1-2-28-22(31)18-8-4-3-7-17(18)19(26-28)21(30)25-24-20(29)15-9-12-27(13-10-15)34(32,33)16-6-5-11-23-14-16/h3-8,11,14-15H,2,9-10,12-13H2,1H3,(H,24,29)(H,25,30). The van der Waals surface area contributed by atoms with Crippen molar-refractivity contribution in [1.82, 2.24) is 29.9 Å². The zero-order chi connectivity index (χ0) is 24.3. The Morgan fingerprint density at radius 1 is 1.06 bits per heavy atom. The lowest BCUT2D eigenvalue weighted by molar-refractivity contribution is -0.126. The molecule has 3 aromatic rings. The third-order valence-electron chi connectivity index (χ3n) is 5.78. The number of benzene rings is 1. The van der Waals surface area contributed by atoms with Crippen molar-refractivity contribution in [1.29, 1.82) is 0 Å². The largest absolute Gasteiger partial charge is 0.290 e. The van der Waals surface area contributed by atoms with Gasteiger partial charge in [0.15, 0.2) is 5.69 Å². The summed E-state index contributed by atoms with van der Waals surface area (Å²) in [6, 6.07) is 9.68. The van der Waals surface area contributed by atoms with E-state index in [1.807, 2.05) is 0 Å². The molecule has 1 aromatic carbocycles. The summed E-state index contributed by atoms with van der Waals surface area (Å²) in [4.78, 5) is 41.8. The van der Waals surface area contributed by atoms with Crippen molar-refractivity contribution in [2.24, 2.45) is 5.92 Å². The van der Waals surface area contributed by atoms with E-state index in [9.17, 15) is 22.8 Å². The third-order valence-corrected chi connectivity index (χ3v) is 7.66. The minimum absolute atomic E-state index is 0.0229. The Morgan fingerprint density at radius 2 is 1.76 bits per heavy atom. The molecule has 0 atom stereocenters. The molecule has 0 saturated carbocycles. The molecule has 0 radical (unpaired) electrons. The molecule has 0 aliphatic carbocycles. The SMILES string of the molecule is CCn1nc(C(=O)NNC(=O)C2CCN(S(=O)(=O)c3cccnc3)CC2)c2ccccc2c1=O. The second-order valence-corrected chi connectivity index (χ2v) is 9.76. The summed E-state index contributed by atoms with van der Waals surface area (Å²) in [6.45, 7) is 2.39. The molecule has 3 heterocycles. The summed E-state index contributed by atoms with van der Waals surface area (Å²) < 4.78 is 28.0. The molecule has 1 aliphatic heterocycles. The van der Waals surface area contributed by atoms with E-state index in [-0.39, 0.29) is 35.8 Å². The minimum atomic E-state index is -3.67. The Labute approximate surface area is 195 Å². The number of nitrogens with zero attached hydrogens (tertiary/aromatic N) is 4. The van der Waals surface area contributed by atoms with E-state index in [1.54, 1.807) is 37.3 Å². The average Bonchev–Trinajstić information content (AvgIpc) is 2.88. The molecular weight excluding hydrogens is 460 g/mol. The number of carbonyl (C=O) groups excluding carboxylic acids is 2. The Kier molecular flexibility index (Phi) is 6.70. The van der Waals surface area contributed by atoms with E-state index >= 15 is 0 Å². The number of rotatable bonds is 5. The van der Waals surface area contributed by atoms with Crippen LogP contribution in [0.3, 0.4) is 0 Å². The third kappa shape index (κ3) is 4.54. The van der Waals surface area contributed by atoms with Gasteiger partial charge in [-0.2, -0.15) is 9.40 Å². The number of carbonyl (C=O) groups is 2. The van der Waals surface area contributed by atoms with Gasteiger partial charge in [0.2, 0.25) is 15.9 Å². The van der Waals surface area contributed by atoms with Crippen LogP contribution in [0.1, 0.15) is 30.3 Å². The summed E-state index contributed by atoms with van der Waals surface area (Å²) in [6.07, 6.45) is 3.41. The zero-order valence-corrected chi connectivity index (χ0v) is 19.3. The normalized spacial score (nSPS) is 15.2. The van der Waals surface area contributed by atoms with Crippen LogP contribution in [0.5, 0.6) is 0 Å². The number of nitrogens with one attached hydrogen (secondary N) is 2. The molecule has 4 rings (SSSR count). The Morgan fingerprint density at radius 3 is 2.41 bits per heavy atom. The molecule has 11 nitrogen and oxygen atoms in total. The fraction of sp³-hybridized carbons (Fsp3) is 0.318. The summed E-state index contributed by atoms with van der Waals surface area (Å²) in [7, 11) is -3.67. The predicted octanol–water partition coefficient (Wildman–Crippen LogP) is 0.673. The molecule has 178 valence electrons. The summed E-state index contributed by atoms with van der Waals surface area (Å²) in [5, 5.41) is 4.88. The molecule has 1 saturated heterocycles. The molecule has 0 unspecified atom stereocenters. The highest BCUT2D eigenvalue weighted by atomic mass is 32.2. The van der Waals surface area contributed by atoms with Crippen LogP contribution in [0.25, 0.3) is 10.8 Å². The number of fused-ring (bicyclic) bond motifs is 1. The maximum atomic E-state index is 12.8. The molecular formula is C22H24N6O5S. The van der Waals surface area contributed by atoms with E-state index < -0.39 is 27.8 Å². The first-order valence-electron chi connectivity index (χ1n) is 10.8. The molecule has 0 bridgehead atoms. The van der Waals surface area contributed by atoms with E-state index in [0.717, 1.165) is 0 Å². The number of aryl methyl sites for hydroxylation is 1. The molecule has 1 fully saturated rings. The number of piperidine rings is 1. The van der Waals surface area contributed by atoms with Crippen LogP contribution in [-0.2, 0) is 21.4 Å². The van der Waals surface area contributed by atoms with E-state index in [2.05, 4.69) is 20.9 Å². The van der Waals surface area contributed by atoms with Gasteiger partial charge in [-0.3, -0.25) is 30.2 Å². The van der Waals surface area contributed by atoms with Crippen LogP contribution in [0, 0.1) is 5.92 Å². The number of hydrogen-bond acceptors (Lipinski definition) is 7. The zero-order valence-electron chi connectivity index (χ0n) is 18.5. The van der Waals surface area contributed by atoms with E-state index in [4.69, 9.17) is 0 Å². The number of hydrogen-bond donors (Lipinski definition) is 2. The van der Waals surface area contributed by atoms with Gasteiger partial charge >= 0.3 is 0 Å². The first kappa shape index (κ1) is 23.5. The van der Waals surface area contributed by atoms with Crippen molar-refractivity contribution in [2.75, 3.05) is 13.1 Å². The lowest BCUT2D eigenvalue weighted by atomic mass is 9.98. The molecule has 2 amide bonds. The van der Waals surface area contributed by atoms with Gasteiger partial charge in [-0.15, -0.1) is 0 Å². The highest BCUT2D eigenvalue weighted by Gasteiger charge is 2.32. The molecule has 2 aromatic heterocycles. The first-order chi connectivity index (χ1) is 16.3. The Hall–Kier alpha value is -3.64. The van der Waals surface area contributed by atoms with Crippen LogP contribution >= 0.6 is 0 Å². The highest BCUT2D eigenvalue weighted by molar-refractivity contribution is 7.89. The van der Waals surface area contributed by atoms with Gasteiger partial charge in [-0.1, -0.05) is 18.2 Å². The lowest BCUT2D eigenvalue weighted by Gasteiger charge is -2.30. The molecule has 2 N–H and O–H groups in total. The molecule has 34 heavy (non-hydrogen) atoms. The van der Waals surface area contributed by atoms with Gasteiger partial charge in [-0.25, -0.2) is 13.1 Å². The molecule has 0 spiro atoms. The maximum absolute atomic E-state index is 12.8. The van der Waals surface area contributed by atoms with Gasteiger partial charge in [0, 0.05) is 43.3 Å². The Bertz CT molecular complexity index is 1380. The van der Waals surface area contributed by atoms with Crippen molar-refractivity contribution in [3.63, 3.8) is 0 Å². The topological polar surface area (TPSA) is 143 Å². The minimum Gasteiger partial charge on any atom is -0.273 e. The summed E-state index contributed by atoms with van der Waals surface area (Å²) in [5.74, 6) is -1.53. The smallest absolute Gasteiger partial charge is 0.273 e. The van der Waals surface area contributed by atoms with Gasteiger partial charge in [0.25, 0.3) is 11.5 Å². The first-order valence-corrected chi connectivity index (χ1v) is 12.3. The number of aromatic nitrogens is 3. The van der Waals surface area contributed by atoms with Crippen LogP contribution in [0.15, 0.2) is 58.5 Å². The lowest BCUT2D eigenvalue weighted by Crippen LogP contribution is -2.48. The Balaban J connectivity index is 1.39. The second kappa shape index (κ2) is 9.69. The fourth-order valence-electron chi connectivity index (χ4n) is 3.90. The van der Waals surface area contributed by atoms with Gasteiger partial charge in [-0.05, 0) is 38.0 Å². The van der Waals surface area contributed by atoms with Crippen molar-refractivity contribution in [2.45, 2.75) is 31.2 Å². The summed E-state index contributed by atoms with van der Waals surface area (Å²) >= 11 is 0. The number of sulfonamides is 1. The quantitative estimate of drug-likeness (QED) is 0.507. The van der Waals surface area contributed by atoms with Crippen molar-refractivity contribution in [3.05, 3.63) is 64.8 Å². The average molecular weight is 485 g/mol. The van der Waals surface area contributed by atoms with Crippen molar-refractivity contribution >= 4 is 32.6 Å². The molecule has 1 aliphatic rings. The number of amides is 2. The second-order valence-electron chi connectivity index (χ2n) is 7.83. The highest BCUT2D eigenvalue weighted by Crippen LogP contribution is 2.23. The van der Waals surface area contributed by atoms with E-state index in [1.165, 1.54) is 27.4 Å². The number of pyridine rings is 1. The molecule has 12 heteroatoms. The van der Waals surface area contributed by atoms with Crippen LogP contribution < -0.4 is 16.4 Å². The van der Waals surface area contributed by atoms with Crippen molar-refractivity contribution < 1.29 is 18.0 Å². The van der Waals surface area contributed by atoms with Crippen LogP contribution in [0.2, 0.25) is 0 Å². The van der Waals surface area contributed by atoms with Crippen molar-refractivity contribution in [3.8, 4) is 0 Å². The predicted molar refractivity (Wildman–Crippen MR) is 123 cm³/mol. The maximum Gasteiger partial charge on any atom is 0.290 e. The van der Waals surface area contributed by atoms with Gasteiger partial charge in [0.05, 0.1) is 5.39 Å².